The zero-order valence-corrected chi connectivity index (χ0v) is 14.6. The van der Waals surface area contributed by atoms with Gasteiger partial charge in [0.05, 0.1) is 16.6 Å². The summed E-state index contributed by atoms with van der Waals surface area (Å²) in [6.45, 7) is 0.511. The van der Waals surface area contributed by atoms with Crippen molar-refractivity contribution in [2.75, 3.05) is 18.0 Å². The van der Waals surface area contributed by atoms with E-state index in [2.05, 4.69) is 15.9 Å². The molecule has 0 aliphatic carbocycles. The van der Waals surface area contributed by atoms with Crippen LogP contribution in [0.15, 0.2) is 38.3 Å². The van der Waals surface area contributed by atoms with Gasteiger partial charge in [0.1, 0.15) is 9.96 Å². The molecule has 0 saturated heterocycles. The summed E-state index contributed by atoms with van der Waals surface area (Å²) in [5.74, 6) is 0.756. The molecule has 1 aromatic heterocycles. The smallest absolute Gasteiger partial charge is 0.273 e. The number of halogens is 1. The molecule has 0 spiro atoms. The van der Waals surface area contributed by atoms with Gasteiger partial charge in [-0.3, -0.25) is 4.31 Å². The van der Waals surface area contributed by atoms with E-state index in [-0.39, 0.29) is 0 Å². The Morgan fingerprint density at radius 1 is 1.29 bits per heavy atom. The molecule has 0 N–H and O–H groups in total. The third-order valence-electron chi connectivity index (χ3n) is 3.46. The minimum absolute atomic E-state index is 0.359. The Labute approximate surface area is 136 Å². The lowest BCUT2D eigenvalue weighted by Gasteiger charge is -2.30. The fourth-order valence-electron chi connectivity index (χ4n) is 2.46. The second-order valence-electron chi connectivity index (χ2n) is 4.73. The number of nitrogens with zero attached hydrogens (tertiary/aromatic N) is 1. The van der Waals surface area contributed by atoms with Crippen molar-refractivity contribution < 1.29 is 13.2 Å². The maximum absolute atomic E-state index is 12.8. The first kappa shape index (κ1) is 14.9. The second kappa shape index (κ2) is 5.62. The van der Waals surface area contributed by atoms with Crippen LogP contribution in [0.5, 0.6) is 5.75 Å². The van der Waals surface area contributed by atoms with Gasteiger partial charge in [-0.25, -0.2) is 8.42 Å². The number of ether oxygens (including phenoxy) is 1. The molecule has 7 heteroatoms. The largest absolute Gasteiger partial charge is 0.497 e. The standard InChI is InChI=1S/C14H14BrNO3S2/c1-19-11-4-5-12-10(9-11)3-2-8-16(12)21(17,18)14-7-6-13(15)20-14/h4-7,9H,2-3,8H2,1H3. The van der Waals surface area contributed by atoms with E-state index in [4.69, 9.17) is 4.74 Å². The van der Waals surface area contributed by atoms with Gasteiger partial charge in [-0.15, -0.1) is 11.3 Å². The molecular formula is C14H14BrNO3S2. The Morgan fingerprint density at radius 3 is 2.76 bits per heavy atom. The molecule has 3 rings (SSSR count). The number of rotatable bonds is 3. The predicted octanol–water partition coefficient (Wildman–Crippen LogP) is 3.66. The van der Waals surface area contributed by atoms with Crippen molar-refractivity contribution in [3.8, 4) is 5.75 Å². The number of fused-ring (bicyclic) bond motifs is 1. The van der Waals surface area contributed by atoms with Crippen molar-refractivity contribution in [3.05, 3.63) is 39.7 Å². The molecule has 0 radical (unpaired) electrons. The number of anilines is 1. The first-order valence-corrected chi connectivity index (χ1v) is 9.52. The molecular weight excluding hydrogens is 374 g/mol. The van der Waals surface area contributed by atoms with Crippen LogP contribution >= 0.6 is 27.3 Å². The average Bonchev–Trinajstić information content (AvgIpc) is 2.93. The van der Waals surface area contributed by atoms with Crippen LogP contribution in [0.1, 0.15) is 12.0 Å². The molecule has 1 aliphatic heterocycles. The molecule has 2 aromatic rings. The zero-order chi connectivity index (χ0) is 15.0. The van der Waals surface area contributed by atoms with E-state index >= 15 is 0 Å². The normalized spacial score (nSPS) is 14.9. The molecule has 0 unspecified atom stereocenters. The number of sulfonamides is 1. The van der Waals surface area contributed by atoms with Crippen LogP contribution < -0.4 is 9.04 Å². The number of hydrogen-bond donors (Lipinski definition) is 0. The molecule has 2 heterocycles. The zero-order valence-electron chi connectivity index (χ0n) is 11.4. The number of thiophene rings is 1. The number of hydrogen-bond acceptors (Lipinski definition) is 4. The van der Waals surface area contributed by atoms with Crippen LogP contribution in [0.3, 0.4) is 0 Å². The summed E-state index contributed by atoms with van der Waals surface area (Å²) in [5, 5.41) is 0. The van der Waals surface area contributed by atoms with Gasteiger partial charge >= 0.3 is 0 Å². The molecule has 1 aliphatic rings. The third kappa shape index (κ3) is 2.69. The fourth-order valence-corrected chi connectivity index (χ4v) is 6.13. The van der Waals surface area contributed by atoms with Gasteiger partial charge in [-0.1, -0.05) is 0 Å². The maximum Gasteiger partial charge on any atom is 0.273 e. The molecule has 4 nitrogen and oxygen atoms in total. The number of benzene rings is 1. The Kier molecular flexibility index (Phi) is 3.98. The van der Waals surface area contributed by atoms with Crippen LogP contribution in [0.2, 0.25) is 0 Å². The van der Waals surface area contributed by atoms with Gasteiger partial charge in [0, 0.05) is 6.54 Å². The topological polar surface area (TPSA) is 46.6 Å². The van der Waals surface area contributed by atoms with Crippen molar-refractivity contribution >= 4 is 43.0 Å². The minimum atomic E-state index is -3.49. The lowest BCUT2D eigenvalue weighted by Crippen LogP contribution is -2.35. The Balaban J connectivity index is 2.06. The van der Waals surface area contributed by atoms with Gasteiger partial charge in [-0.2, -0.15) is 0 Å². The molecule has 0 saturated carbocycles. The van der Waals surface area contributed by atoms with Crippen molar-refractivity contribution in [3.63, 3.8) is 0 Å². The van der Waals surface area contributed by atoms with Crippen LogP contribution in [0.4, 0.5) is 5.69 Å². The summed E-state index contributed by atoms with van der Waals surface area (Å²) in [6.07, 6.45) is 1.68. The minimum Gasteiger partial charge on any atom is -0.497 e. The molecule has 0 fully saturated rings. The highest BCUT2D eigenvalue weighted by Gasteiger charge is 2.30. The second-order valence-corrected chi connectivity index (χ2v) is 9.29. The Bertz CT molecular complexity index is 770. The van der Waals surface area contributed by atoms with E-state index < -0.39 is 10.0 Å². The van der Waals surface area contributed by atoms with Gasteiger partial charge in [-0.05, 0) is 64.7 Å². The Hall–Kier alpha value is -1.05. The number of methoxy groups -OCH3 is 1. The summed E-state index contributed by atoms with van der Waals surface area (Å²) in [7, 11) is -1.88. The molecule has 112 valence electrons. The van der Waals surface area contributed by atoms with Crippen molar-refractivity contribution in [2.45, 2.75) is 17.1 Å². The van der Waals surface area contributed by atoms with Crippen LogP contribution in [-0.4, -0.2) is 22.1 Å². The van der Waals surface area contributed by atoms with E-state index in [1.807, 2.05) is 12.1 Å². The number of aryl methyl sites for hydroxylation is 1. The van der Waals surface area contributed by atoms with Crippen LogP contribution in [0.25, 0.3) is 0 Å². The summed E-state index contributed by atoms with van der Waals surface area (Å²) in [5.41, 5.74) is 1.77. The quantitative estimate of drug-likeness (QED) is 0.806. The van der Waals surface area contributed by atoms with E-state index in [9.17, 15) is 8.42 Å². The molecule has 0 amide bonds. The highest BCUT2D eigenvalue weighted by atomic mass is 79.9. The first-order valence-electron chi connectivity index (χ1n) is 6.47. The van der Waals surface area contributed by atoms with Gasteiger partial charge < -0.3 is 4.74 Å². The highest BCUT2D eigenvalue weighted by molar-refractivity contribution is 9.11. The Morgan fingerprint density at radius 2 is 2.10 bits per heavy atom. The monoisotopic (exact) mass is 387 g/mol. The highest BCUT2D eigenvalue weighted by Crippen LogP contribution is 2.36. The van der Waals surface area contributed by atoms with Gasteiger partial charge in [0.25, 0.3) is 10.0 Å². The lowest BCUT2D eigenvalue weighted by molar-refractivity contribution is 0.414. The fraction of sp³-hybridized carbons (Fsp3) is 0.286. The van der Waals surface area contributed by atoms with E-state index in [0.29, 0.717) is 10.8 Å². The summed E-state index contributed by atoms with van der Waals surface area (Å²) >= 11 is 4.55. The van der Waals surface area contributed by atoms with E-state index in [0.717, 1.165) is 33.6 Å². The first-order chi connectivity index (χ1) is 10.0. The van der Waals surface area contributed by atoms with Crippen LogP contribution in [0, 0.1) is 0 Å². The SMILES string of the molecule is COc1ccc2c(c1)CCCN2S(=O)(=O)c1ccc(Br)s1. The summed E-state index contributed by atoms with van der Waals surface area (Å²) in [6, 6.07) is 8.95. The molecule has 21 heavy (non-hydrogen) atoms. The summed E-state index contributed by atoms with van der Waals surface area (Å²) < 4.78 is 33.5. The van der Waals surface area contributed by atoms with Crippen molar-refractivity contribution in [2.24, 2.45) is 0 Å². The third-order valence-corrected chi connectivity index (χ3v) is 7.36. The predicted molar refractivity (Wildman–Crippen MR) is 87.9 cm³/mol. The van der Waals surface area contributed by atoms with Gasteiger partial charge in [0.15, 0.2) is 0 Å². The summed E-state index contributed by atoms with van der Waals surface area (Å²) in [4.78, 5) is 0. The molecule has 1 aromatic carbocycles. The van der Waals surface area contributed by atoms with Crippen molar-refractivity contribution in [1.82, 2.24) is 0 Å². The van der Waals surface area contributed by atoms with Gasteiger partial charge in [0.2, 0.25) is 0 Å². The molecule has 0 atom stereocenters. The van der Waals surface area contributed by atoms with E-state index in [1.54, 1.807) is 25.3 Å². The average molecular weight is 388 g/mol. The molecule has 0 bridgehead atoms. The lowest BCUT2D eigenvalue weighted by atomic mass is 10.0. The van der Waals surface area contributed by atoms with Crippen LogP contribution in [-0.2, 0) is 16.4 Å². The van der Waals surface area contributed by atoms with E-state index in [1.165, 1.54) is 15.6 Å². The maximum atomic E-state index is 12.8. The van der Waals surface area contributed by atoms with Crippen molar-refractivity contribution in [1.29, 1.82) is 0 Å².